The first-order chi connectivity index (χ1) is 18.8. The van der Waals surface area contributed by atoms with Crippen molar-refractivity contribution in [2.45, 2.75) is 155 Å². The highest BCUT2D eigenvalue weighted by Gasteiger charge is 2.00. The molecular formula is C36H62O2. The minimum atomic E-state index is -0.0335. The van der Waals surface area contributed by atoms with Gasteiger partial charge in [0, 0.05) is 6.42 Å². The predicted molar refractivity (Wildman–Crippen MR) is 170 cm³/mol. The van der Waals surface area contributed by atoms with E-state index in [-0.39, 0.29) is 5.97 Å². The smallest absolute Gasteiger partial charge is 0.305 e. The zero-order chi connectivity index (χ0) is 27.6. The Morgan fingerprint density at radius 1 is 0.447 bits per heavy atom. The van der Waals surface area contributed by atoms with Gasteiger partial charge in [-0.05, 0) is 58.3 Å². The molecule has 0 unspecified atom stereocenters. The van der Waals surface area contributed by atoms with E-state index >= 15 is 0 Å². The lowest BCUT2D eigenvalue weighted by Crippen LogP contribution is -2.03. The van der Waals surface area contributed by atoms with E-state index in [1.165, 1.54) is 96.3 Å². The number of rotatable bonds is 28. The molecule has 0 rings (SSSR count). The highest BCUT2D eigenvalue weighted by atomic mass is 16.5. The lowest BCUT2D eigenvalue weighted by atomic mass is 10.0. The van der Waals surface area contributed by atoms with Crippen LogP contribution in [0.25, 0.3) is 0 Å². The Balaban J connectivity index is 3.26. The van der Waals surface area contributed by atoms with Crippen LogP contribution in [0.2, 0.25) is 0 Å². The molecule has 0 aromatic carbocycles. The van der Waals surface area contributed by atoms with Crippen molar-refractivity contribution in [2.24, 2.45) is 0 Å². The van der Waals surface area contributed by atoms with E-state index in [0.29, 0.717) is 13.0 Å². The summed E-state index contributed by atoms with van der Waals surface area (Å²) in [7, 11) is 0. The zero-order valence-electron chi connectivity index (χ0n) is 25.4. The second-order valence-corrected chi connectivity index (χ2v) is 10.4. The van der Waals surface area contributed by atoms with E-state index in [1.54, 1.807) is 0 Å². The summed E-state index contributed by atoms with van der Waals surface area (Å²) in [6.45, 7) is 4.54. The Bertz CT molecular complexity index is 623. The second-order valence-electron chi connectivity index (χ2n) is 10.4. The number of carbonyl (C=O) groups excluding carboxylic acids is 1. The fourth-order valence-corrected chi connectivity index (χ4v) is 4.43. The number of hydrogen-bond donors (Lipinski definition) is 0. The topological polar surface area (TPSA) is 26.3 Å². The third-order valence-corrected chi connectivity index (χ3v) is 6.71. The van der Waals surface area contributed by atoms with Gasteiger partial charge in [-0.1, -0.05) is 151 Å². The fraction of sp³-hybridized carbons (Fsp3) is 0.694. The molecule has 38 heavy (non-hydrogen) atoms. The van der Waals surface area contributed by atoms with Crippen LogP contribution < -0.4 is 0 Å². The summed E-state index contributed by atoms with van der Waals surface area (Å²) < 4.78 is 4.96. The molecule has 0 aliphatic carbocycles. The monoisotopic (exact) mass is 526 g/mol. The van der Waals surface area contributed by atoms with Crippen molar-refractivity contribution in [3.8, 4) is 0 Å². The molecule has 0 N–H and O–H groups in total. The number of ether oxygens (including phenoxy) is 1. The molecule has 0 bridgehead atoms. The maximum Gasteiger partial charge on any atom is 0.305 e. The van der Waals surface area contributed by atoms with Crippen LogP contribution in [0, 0.1) is 0 Å². The molecule has 0 saturated carbocycles. The van der Waals surface area contributed by atoms with Gasteiger partial charge in [-0.25, -0.2) is 0 Å². The second kappa shape index (κ2) is 33.2. The highest BCUT2D eigenvalue weighted by molar-refractivity contribution is 5.69. The normalized spacial score (nSPS) is 12.4. The van der Waals surface area contributed by atoms with E-state index in [0.717, 1.165) is 38.5 Å². The molecule has 0 spiro atoms. The lowest BCUT2D eigenvalue weighted by Gasteiger charge is -2.04. The Morgan fingerprint density at radius 2 is 0.789 bits per heavy atom. The van der Waals surface area contributed by atoms with E-state index in [1.807, 2.05) is 6.92 Å². The third-order valence-electron chi connectivity index (χ3n) is 6.71. The Kier molecular flexibility index (Phi) is 31.6. The molecule has 0 heterocycles. The average Bonchev–Trinajstić information content (AvgIpc) is 2.92. The predicted octanol–water partition coefficient (Wildman–Crippen LogP) is 11.9. The van der Waals surface area contributed by atoms with Gasteiger partial charge in [0.1, 0.15) is 0 Å². The first-order valence-corrected chi connectivity index (χ1v) is 16.2. The van der Waals surface area contributed by atoms with Crippen LogP contribution in [0.3, 0.4) is 0 Å². The Labute approximate surface area is 237 Å². The van der Waals surface area contributed by atoms with Crippen molar-refractivity contribution < 1.29 is 9.53 Å². The van der Waals surface area contributed by atoms with Crippen LogP contribution in [0.4, 0.5) is 0 Å². The number of carbonyl (C=O) groups is 1. The maximum absolute atomic E-state index is 11.3. The van der Waals surface area contributed by atoms with Crippen LogP contribution in [0.15, 0.2) is 60.8 Å². The number of esters is 1. The average molecular weight is 527 g/mol. The molecule has 0 aliphatic rings. The summed E-state index contributed by atoms with van der Waals surface area (Å²) >= 11 is 0. The first kappa shape index (κ1) is 36.2. The molecule has 2 nitrogen and oxygen atoms in total. The minimum absolute atomic E-state index is 0.0335. The number of unbranched alkanes of at least 4 members (excludes halogenated alkanes) is 15. The van der Waals surface area contributed by atoms with Crippen LogP contribution >= 0.6 is 0 Å². The van der Waals surface area contributed by atoms with E-state index < -0.39 is 0 Å². The maximum atomic E-state index is 11.3. The van der Waals surface area contributed by atoms with Gasteiger partial charge in [0.2, 0.25) is 0 Å². The molecule has 0 aromatic rings. The minimum Gasteiger partial charge on any atom is -0.466 e. The fourth-order valence-electron chi connectivity index (χ4n) is 4.43. The van der Waals surface area contributed by atoms with Gasteiger partial charge in [0.05, 0.1) is 6.61 Å². The van der Waals surface area contributed by atoms with Crippen molar-refractivity contribution in [3.05, 3.63) is 60.8 Å². The highest BCUT2D eigenvalue weighted by Crippen LogP contribution is 2.14. The molecule has 0 aliphatic heterocycles. The largest absolute Gasteiger partial charge is 0.466 e. The Hall–Kier alpha value is -1.83. The summed E-state index contributed by atoms with van der Waals surface area (Å²) in [5.74, 6) is -0.0335. The van der Waals surface area contributed by atoms with Crippen LogP contribution in [0.1, 0.15) is 155 Å². The standard InChI is InChI=1S/C36H62O2/c1-3-5-6-7-8-9-10-11-12-13-14-15-16-17-18-19-20-21-22-23-24-25-26-27-28-29-30-31-32-33-34-35-36(37)38-4-2/h5-6,8-9,11-12,14-15,17-18H,3-4,7,10,13,16,19-35H2,1-2H3. The zero-order valence-corrected chi connectivity index (χ0v) is 25.4. The summed E-state index contributed by atoms with van der Waals surface area (Å²) in [5, 5.41) is 0. The number of hydrogen-bond acceptors (Lipinski definition) is 2. The molecular weight excluding hydrogens is 464 g/mol. The molecule has 2 heteroatoms. The van der Waals surface area contributed by atoms with Gasteiger partial charge in [-0.2, -0.15) is 0 Å². The van der Waals surface area contributed by atoms with Gasteiger partial charge >= 0.3 is 5.97 Å². The molecule has 0 aromatic heterocycles. The van der Waals surface area contributed by atoms with Crippen LogP contribution in [0.5, 0.6) is 0 Å². The van der Waals surface area contributed by atoms with Gasteiger partial charge < -0.3 is 4.74 Å². The first-order valence-electron chi connectivity index (χ1n) is 16.2. The third kappa shape index (κ3) is 32.2. The Morgan fingerprint density at radius 3 is 1.18 bits per heavy atom. The van der Waals surface area contributed by atoms with E-state index in [2.05, 4.69) is 67.7 Å². The summed E-state index contributed by atoms with van der Waals surface area (Å²) in [4.78, 5) is 11.3. The van der Waals surface area contributed by atoms with Gasteiger partial charge in [0.15, 0.2) is 0 Å². The molecule has 0 atom stereocenters. The summed E-state index contributed by atoms with van der Waals surface area (Å²) in [6.07, 6.45) is 49.9. The number of allylic oxidation sites excluding steroid dienone is 10. The van der Waals surface area contributed by atoms with Gasteiger partial charge in [0.25, 0.3) is 0 Å². The van der Waals surface area contributed by atoms with Gasteiger partial charge in [-0.15, -0.1) is 0 Å². The molecule has 0 amide bonds. The lowest BCUT2D eigenvalue weighted by molar-refractivity contribution is -0.143. The van der Waals surface area contributed by atoms with Crippen molar-refractivity contribution >= 4 is 5.97 Å². The molecule has 218 valence electrons. The van der Waals surface area contributed by atoms with Crippen molar-refractivity contribution in [1.82, 2.24) is 0 Å². The molecule has 0 radical (unpaired) electrons. The van der Waals surface area contributed by atoms with Crippen molar-refractivity contribution in [1.29, 1.82) is 0 Å². The SMILES string of the molecule is CCC=CCC=CCC=CCC=CCC=CCCCCCCCCCCCCCCCCCC(=O)OCC. The van der Waals surface area contributed by atoms with Crippen LogP contribution in [-0.4, -0.2) is 12.6 Å². The summed E-state index contributed by atoms with van der Waals surface area (Å²) in [5.41, 5.74) is 0. The summed E-state index contributed by atoms with van der Waals surface area (Å²) in [6, 6.07) is 0. The quantitative estimate of drug-likeness (QED) is 0.0575. The molecule has 0 fully saturated rings. The van der Waals surface area contributed by atoms with E-state index in [4.69, 9.17) is 4.74 Å². The van der Waals surface area contributed by atoms with Crippen LogP contribution in [-0.2, 0) is 9.53 Å². The molecule has 0 saturated heterocycles. The van der Waals surface area contributed by atoms with Crippen molar-refractivity contribution in [3.63, 3.8) is 0 Å². The van der Waals surface area contributed by atoms with Gasteiger partial charge in [-0.3, -0.25) is 4.79 Å². The van der Waals surface area contributed by atoms with Crippen molar-refractivity contribution in [2.75, 3.05) is 6.61 Å². The van der Waals surface area contributed by atoms with E-state index in [9.17, 15) is 4.79 Å².